The Hall–Kier alpha value is -3.12. The maximum absolute atomic E-state index is 13.0. The van der Waals surface area contributed by atoms with Crippen LogP contribution < -0.4 is 15.0 Å². The molecule has 0 bridgehead atoms. The number of benzene rings is 1. The largest absolute Gasteiger partial charge is 0.488 e. The van der Waals surface area contributed by atoms with Gasteiger partial charge in [0, 0.05) is 27.7 Å². The van der Waals surface area contributed by atoms with Gasteiger partial charge in [-0.15, -0.1) is 0 Å². The number of urea groups is 1. The molecule has 1 N–H and O–H groups in total. The van der Waals surface area contributed by atoms with Crippen LogP contribution in [0.15, 0.2) is 42.5 Å². The van der Waals surface area contributed by atoms with Crippen LogP contribution in [0.1, 0.15) is 17.0 Å². The SMILES string of the molecule is Cc1cc(NC(=O)N2CCOc3c(C)cc(-c4cccc(Cl)c4)nc32)cc(C)n1. The van der Waals surface area contributed by atoms with E-state index in [9.17, 15) is 4.79 Å². The number of amides is 2. The molecule has 3 heterocycles. The highest BCUT2D eigenvalue weighted by molar-refractivity contribution is 6.30. The summed E-state index contributed by atoms with van der Waals surface area (Å²) in [6.45, 7) is 6.57. The fourth-order valence-corrected chi connectivity index (χ4v) is 3.63. The van der Waals surface area contributed by atoms with Crippen molar-refractivity contribution in [2.75, 3.05) is 23.4 Å². The molecule has 0 fully saturated rings. The molecule has 6 nitrogen and oxygen atoms in total. The minimum Gasteiger partial charge on any atom is -0.488 e. The highest BCUT2D eigenvalue weighted by atomic mass is 35.5. The molecule has 0 saturated carbocycles. The third-order valence-electron chi connectivity index (χ3n) is 4.66. The van der Waals surface area contributed by atoms with Gasteiger partial charge in [-0.25, -0.2) is 9.78 Å². The van der Waals surface area contributed by atoms with Gasteiger partial charge in [-0.3, -0.25) is 9.88 Å². The monoisotopic (exact) mass is 408 g/mol. The van der Waals surface area contributed by atoms with E-state index in [-0.39, 0.29) is 6.03 Å². The molecule has 0 aliphatic carbocycles. The minimum atomic E-state index is -0.255. The first-order valence-corrected chi connectivity index (χ1v) is 9.73. The van der Waals surface area contributed by atoms with Crippen molar-refractivity contribution in [3.05, 3.63) is 64.4 Å². The van der Waals surface area contributed by atoms with Crippen molar-refractivity contribution in [2.24, 2.45) is 0 Å². The molecule has 0 spiro atoms. The molecule has 148 valence electrons. The number of nitrogens with one attached hydrogen (secondary N) is 1. The summed E-state index contributed by atoms with van der Waals surface area (Å²) in [6, 6.07) is 12.9. The van der Waals surface area contributed by atoms with Crippen LogP contribution in [-0.4, -0.2) is 29.2 Å². The van der Waals surface area contributed by atoms with Crippen LogP contribution in [0.2, 0.25) is 5.02 Å². The summed E-state index contributed by atoms with van der Waals surface area (Å²) in [7, 11) is 0. The van der Waals surface area contributed by atoms with E-state index in [0.717, 1.165) is 28.2 Å². The van der Waals surface area contributed by atoms with E-state index < -0.39 is 0 Å². The van der Waals surface area contributed by atoms with Crippen LogP contribution in [0.4, 0.5) is 16.3 Å². The maximum atomic E-state index is 13.0. The predicted octanol–water partition coefficient (Wildman–Crippen LogP) is 5.15. The summed E-state index contributed by atoms with van der Waals surface area (Å²) in [5.41, 5.74) is 4.94. The number of halogens is 1. The van der Waals surface area contributed by atoms with Crippen molar-refractivity contribution >= 4 is 29.1 Å². The summed E-state index contributed by atoms with van der Waals surface area (Å²) >= 11 is 6.14. The second kappa shape index (κ2) is 7.72. The van der Waals surface area contributed by atoms with Gasteiger partial charge >= 0.3 is 6.03 Å². The molecule has 2 aromatic heterocycles. The highest BCUT2D eigenvalue weighted by Crippen LogP contribution is 2.36. The number of anilines is 2. The van der Waals surface area contributed by atoms with Gasteiger partial charge in [0.25, 0.3) is 0 Å². The van der Waals surface area contributed by atoms with Crippen molar-refractivity contribution in [1.82, 2.24) is 9.97 Å². The van der Waals surface area contributed by atoms with Crippen LogP contribution in [0.25, 0.3) is 11.3 Å². The van der Waals surface area contributed by atoms with Gasteiger partial charge in [0.05, 0.1) is 12.2 Å². The lowest BCUT2D eigenvalue weighted by atomic mass is 10.1. The van der Waals surface area contributed by atoms with Gasteiger partial charge in [-0.1, -0.05) is 23.7 Å². The molecule has 4 rings (SSSR count). The van der Waals surface area contributed by atoms with E-state index >= 15 is 0 Å². The van der Waals surface area contributed by atoms with Crippen LogP contribution >= 0.6 is 11.6 Å². The highest BCUT2D eigenvalue weighted by Gasteiger charge is 2.27. The molecule has 1 aromatic carbocycles. The molecule has 0 unspecified atom stereocenters. The number of carbonyl (C=O) groups is 1. The number of carbonyl (C=O) groups excluding carboxylic acids is 1. The molecule has 29 heavy (non-hydrogen) atoms. The Bertz CT molecular complexity index is 1080. The van der Waals surface area contributed by atoms with Crippen LogP contribution in [0.3, 0.4) is 0 Å². The summed E-state index contributed by atoms with van der Waals surface area (Å²) < 4.78 is 5.82. The third kappa shape index (κ3) is 4.03. The molecule has 1 aliphatic heterocycles. The number of aromatic nitrogens is 2. The number of aryl methyl sites for hydroxylation is 3. The fourth-order valence-electron chi connectivity index (χ4n) is 3.44. The number of hydrogen-bond donors (Lipinski definition) is 1. The molecular formula is C22H21ClN4O2. The molecule has 2 amide bonds. The van der Waals surface area contributed by atoms with Crippen molar-refractivity contribution in [3.8, 4) is 17.0 Å². The Balaban J connectivity index is 1.70. The Morgan fingerprint density at radius 2 is 1.86 bits per heavy atom. The Kier molecular flexibility index (Phi) is 5.11. The standard InChI is InChI=1S/C22H21ClN4O2/c1-13-9-19(16-5-4-6-17(23)12-16)26-21-20(13)29-8-7-27(21)22(28)25-18-10-14(2)24-15(3)11-18/h4-6,9-12H,7-8H2,1-3H3,(H,24,25,28). The fraction of sp³-hybridized carbons (Fsp3) is 0.227. The minimum absolute atomic E-state index is 0.255. The van der Waals surface area contributed by atoms with E-state index in [2.05, 4.69) is 10.3 Å². The van der Waals surface area contributed by atoms with E-state index in [1.165, 1.54) is 0 Å². The Labute approximate surface area is 174 Å². The molecular weight excluding hydrogens is 388 g/mol. The summed E-state index contributed by atoms with van der Waals surface area (Å²) in [5.74, 6) is 1.13. The lowest BCUT2D eigenvalue weighted by Gasteiger charge is -2.30. The normalized spacial score (nSPS) is 12.9. The first kappa shape index (κ1) is 19.2. The number of nitrogens with zero attached hydrogens (tertiary/aromatic N) is 3. The average Bonchev–Trinajstić information content (AvgIpc) is 2.66. The molecule has 0 radical (unpaired) electrons. The van der Waals surface area contributed by atoms with E-state index in [1.807, 2.05) is 63.2 Å². The second-order valence-electron chi connectivity index (χ2n) is 7.06. The van der Waals surface area contributed by atoms with E-state index in [1.54, 1.807) is 4.90 Å². The Morgan fingerprint density at radius 1 is 1.10 bits per heavy atom. The van der Waals surface area contributed by atoms with Gasteiger partial charge in [0.2, 0.25) is 0 Å². The molecule has 7 heteroatoms. The average molecular weight is 409 g/mol. The van der Waals surface area contributed by atoms with Crippen LogP contribution in [-0.2, 0) is 0 Å². The molecule has 3 aromatic rings. The zero-order valence-corrected chi connectivity index (χ0v) is 17.2. The molecule has 0 atom stereocenters. The first-order valence-electron chi connectivity index (χ1n) is 9.35. The van der Waals surface area contributed by atoms with Gasteiger partial charge in [-0.05, 0) is 56.7 Å². The van der Waals surface area contributed by atoms with Crippen molar-refractivity contribution in [1.29, 1.82) is 0 Å². The molecule has 1 aliphatic rings. The number of pyridine rings is 2. The van der Waals surface area contributed by atoms with Crippen molar-refractivity contribution in [2.45, 2.75) is 20.8 Å². The summed E-state index contributed by atoms with van der Waals surface area (Å²) in [6.07, 6.45) is 0. The van der Waals surface area contributed by atoms with Gasteiger partial charge < -0.3 is 10.1 Å². The van der Waals surface area contributed by atoms with E-state index in [4.69, 9.17) is 21.3 Å². The zero-order valence-electron chi connectivity index (χ0n) is 16.5. The number of rotatable bonds is 2. The second-order valence-corrected chi connectivity index (χ2v) is 7.49. The smallest absolute Gasteiger partial charge is 0.327 e. The quantitative estimate of drug-likeness (QED) is 0.636. The van der Waals surface area contributed by atoms with Crippen molar-refractivity contribution < 1.29 is 9.53 Å². The van der Waals surface area contributed by atoms with Gasteiger partial charge in [0.15, 0.2) is 11.6 Å². The number of fused-ring (bicyclic) bond motifs is 1. The lowest BCUT2D eigenvalue weighted by Crippen LogP contribution is -2.41. The zero-order chi connectivity index (χ0) is 20.5. The first-order chi connectivity index (χ1) is 13.9. The molecule has 0 saturated heterocycles. The van der Waals surface area contributed by atoms with Crippen molar-refractivity contribution in [3.63, 3.8) is 0 Å². The Morgan fingerprint density at radius 3 is 2.59 bits per heavy atom. The summed E-state index contributed by atoms with van der Waals surface area (Å²) in [4.78, 5) is 23.7. The third-order valence-corrected chi connectivity index (χ3v) is 4.89. The maximum Gasteiger partial charge on any atom is 0.327 e. The number of hydrogen-bond acceptors (Lipinski definition) is 4. The summed E-state index contributed by atoms with van der Waals surface area (Å²) in [5, 5.41) is 3.59. The van der Waals surface area contributed by atoms with E-state index in [0.29, 0.717) is 35.4 Å². The lowest BCUT2D eigenvalue weighted by molar-refractivity contribution is 0.249. The van der Waals surface area contributed by atoms with Crippen LogP contribution in [0, 0.1) is 20.8 Å². The predicted molar refractivity (Wildman–Crippen MR) is 115 cm³/mol. The van der Waals surface area contributed by atoms with Gasteiger partial charge in [0.1, 0.15) is 6.61 Å². The topological polar surface area (TPSA) is 67.4 Å². The number of ether oxygens (including phenoxy) is 1. The van der Waals surface area contributed by atoms with Crippen LogP contribution in [0.5, 0.6) is 5.75 Å². The van der Waals surface area contributed by atoms with Gasteiger partial charge in [-0.2, -0.15) is 0 Å².